The quantitative estimate of drug-likeness (QED) is 0.892. The molecule has 5 heteroatoms. The number of nitrogens with one attached hydrogen (secondary N) is 1. The van der Waals surface area contributed by atoms with Gasteiger partial charge in [0.1, 0.15) is 0 Å². The normalized spacial score (nSPS) is 13.4. The van der Waals surface area contributed by atoms with Crippen LogP contribution in [0.3, 0.4) is 0 Å². The zero-order chi connectivity index (χ0) is 15.5. The van der Waals surface area contributed by atoms with Crippen LogP contribution in [-0.4, -0.2) is 23.4 Å². The zero-order valence-electron chi connectivity index (χ0n) is 12.1. The number of carbonyl (C=O) groups excluding carboxylic acids is 2. The van der Waals surface area contributed by atoms with Crippen LogP contribution in [0.2, 0.25) is 0 Å². The molecular weight excluding hydrogens is 278 g/mol. The lowest BCUT2D eigenvalue weighted by Crippen LogP contribution is -2.36. The van der Waals surface area contributed by atoms with Gasteiger partial charge in [0, 0.05) is 24.3 Å². The van der Waals surface area contributed by atoms with Gasteiger partial charge in [-0.1, -0.05) is 30.3 Å². The standard InChI is InChI=1S/C17H17N3O2/c18-17(22)19-15-7-3-6-13(10-15)16(21)20-9-8-12-4-1-2-5-14(12)11-20/h1-7,10H,8-9,11H2,(H3,18,19,22). The monoisotopic (exact) mass is 295 g/mol. The summed E-state index contributed by atoms with van der Waals surface area (Å²) in [4.78, 5) is 25.4. The number of hydrogen-bond acceptors (Lipinski definition) is 2. The van der Waals surface area contributed by atoms with E-state index in [4.69, 9.17) is 5.73 Å². The first-order chi connectivity index (χ1) is 10.6. The molecule has 0 radical (unpaired) electrons. The van der Waals surface area contributed by atoms with Gasteiger partial charge in [-0.05, 0) is 35.7 Å². The summed E-state index contributed by atoms with van der Waals surface area (Å²) in [6, 6.07) is 14.4. The Hall–Kier alpha value is -2.82. The number of amides is 3. The van der Waals surface area contributed by atoms with Crippen LogP contribution in [0.5, 0.6) is 0 Å². The molecule has 22 heavy (non-hydrogen) atoms. The van der Waals surface area contributed by atoms with Crippen LogP contribution < -0.4 is 11.1 Å². The minimum absolute atomic E-state index is 0.0392. The van der Waals surface area contributed by atoms with E-state index in [9.17, 15) is 9.59 Å². The van der Waals surface area contributed by atoms with E-state index in [0.29, 0.717) is 24.3 Å². The highest BCUT2D eigenvalue weighted by molar-refractivity contribution is 5.96. The van der Waals surface area contributed by atoms with E-state index in [-0.39, 0.29) is 5.91 Å². The van der Waals surface area contributed by atoms with Gasteiger partial charge in [0.25, 0.3) is 5.91 Å². The molecule has 1 heterocycles. The van der Waals surface area contributed by atoms with Crippen molar-refractivity contribution in [3.05, 3.63) is 65.2 Å². The fourth-order valence-electron chi connectivity index (χ4n) is 2.72. The summed E-state index contributed by atoms with van der Waals surface area (Å²) < 4.78 is 0. The van der Waals surface area contributed by atoms with E-state index in [2.05, 4.69) is 17.4 Å². The molecule has 0 saturated carbocycles. The highest BCUT2D eigenvalue weighted by Crippen LogP contribution is 2.21. The number of benzene rings is 2. The summed E-state index contributed by atoms with van der Waals surface area (Å²) in [5.74, 6) is -0.0392. The van der Waals surface area contributed by atoms with Gasteiger partial charge in [0.05, 0.1) is 0 Å². The number of primary amides is 1. The fourth-order valence-corrected chi connectivity index (χ4v) is 2.72. The maximum atomic E-state index is 12.6. The molecule has 0 aliphatic carbocycles. The Labute approximate surface area is 128 Å². The van der Waals surface area contributed by atoms with Crippen LogP contribution in [0.4, 0.5) is 10.5 Å². The minimum atomic E-state index is -0.642. The number of hydrogen-bond donors (Lipinski definition) is 2. The third-order valence-electron chi connectivity index (χ3n) is 3.79. The molecule has 5 nitrogen and oxygen atoms in total. The Balaban J connectivity index is 1.79. The van der Waals surface area contributed by atoms with E-state index in [1.807, 2.05) is 17.0 Å². The van der Waals surface area contributed by atoms with E-state index >= 15 is 0 Å². The maximum absolute atomic E-state index is 12.6. The van der Waals surface area contributed by atoms with Crippen LogP contribution in [-0.2, 0) is 13.0 Å². The first-order valence-corrected chi connectivity index (χ1v) is 7.16. The van der Waals surface area contributed by atoms with Crippen molar-refractivity contribution < 1.29 is 9.59 Å². The summed E-state index contributed by atoms with van der Waals surface area (Å²) in [6.07, 6.45) is 0.862. The zero-order valence-corrected chi connectivity index (χ0v) is 12.1. The molecule has 3 rings (SSSR count). The predicted molar refractivity (Wildman–Crippen MR) is 84.5 cm³/mol. The SMILES string of the molecule is NC(=O)Nc1cccc(C(=O)N2CCc3ccccc3C2)c1. The average Bonchev–Trinajstić information content (AvgIpc) is 2.53. The van der Waals surface area contributed by atoms with Gasteiger partial charge >= 0.3 is 6.03 Å². The van der Waals surface area contributed by atoms with Crippen LogP contribution in [0.25, 0.3) is 0 Å². The topological polar surface area (TPSA) is 75.4 Å². The number of urea groups is 1. The van der Waals surface area contributed by atoms with Gasteiger partial charge < -0.3 is 16.0 Å². The van der Waals surface area contributed by atoms with Crippen molar-refractivity contribution in [1.29, 1.82) is 0 Å². The number of nitrogens with two attached hydrogens (primary N) is 1. The lowest BCUT2D eigenvalue weighted by molar-refractivity contribution is 0.0734. The van der Waals surface area contributed by atoms with Crippen molar-refractivity contribution in [2.45, 2.75) is 13.0 Å². The van der Waals surface area contributed by atoms with Crippen LogP contribution in [0.15, 0.2) is 48.5 Å². The average molecular weight is 295 g/mol. The first kappa shape index (κ1) is 14.1. The lowest BCUT2D eigenvalue weighted by atomic mass is 9.99. The van der Waals surface area contributed by atoms with E-state index < -0.39 is 6.03 Å². The number of anilines is 1. The van der Waals surface area contributed by atoms with Crippen molar-refractivity contribution in [2.24, 2.45) is 5.73 Å². The number of nitrogens with zero attached hydrogens (tertiary/aromatic N) is 1. The summed E-state index contributed by atoms with van der Waals surface area (Å²) in [5, 5.41) is 2.49. The van der Waals surface area contributed by atoms with Gasteiger partial charge in [-0.2, -0.15) is 0 Å². The molecule has 0 unspecified atom stereocenters. The second kappa shape index (κ2) is 5.89. The van der Waals surface area contributed by atoms with Crippen molar-refractivity contribution in [3.63, 3.8) is 0 Å². The molecule has 0 saturated heterocycles. The second-order valence-electron chi connectivity index (χ2n) is 5.32. The smallest absolute Gasteiger partial charge is 0.316 e. The predicted octanol–water partition coefficient (Wildman–Crippen LogP) is 2.38. The Bertz CT molecular complexity index is 727. The Kier molecular flexibility index (Phi) is 3.78. The third kappa shape index (κ3) is 2.93. The molecule has 1 aliphatic rings. The summed E-state index contributed by atoms with van der Waals surface area (Å²) >= 11 is 0. The molecule has 2 aromatic carbocycles. The summed E-state index contributed by atoms with van der Waals surface area (Å²) in [6.45, 7) is 1.31. The largest absolute Gasteiger partial charge is 0.351 e. The summed E-state index contributed by atoms with van der Waals surface area (Å²) in [7, 11) is 0. The molecule has 0 atom stereocenters. The molecule has 3 N–H and O–H groups in total. The molecular formula is C17H17N3O2. The third-order valence-corrected chi connectivity index (χ3v) is 3.79. The Morgan fingerprint density at radius 3 is 2.59 bits per heavy atom. The molecule has 1 aliphatic heterocycles. The highest BCUT2D eigenvalue weighted by atomic mass is 16.2. The van der Waals surface area contributed by atoms with Crippen LogP contribution in [0.1, 0.15) is 21.5 Å². The molecule has 0 fully saturated rings. The van der Waals surface area contributed by atoms with Crippen molar-refractivity contribution >= 4 is 17.6 Å². The molecule has 0 bridgehead atoms. The summed E-state index contributed by atoms with van der Waals surface area (Å²) in [5.41, 5.74) is 8.66. The second-order valence-corrected chi connectivity index (χ2v) is 5.32. The molecule has 0 aromatic heterocycles. The van der Waals surface area contributed by atoms with Crippen molar-refractivity contribution in [1.82, 2.24) is 4.90 Å². The van der Waals surface area contributed by atoms with Crippen LogP contribution in [0, 0.1) is 0 Å². The minimum Gasteiger partial charge on any atom is -0.351 e. The molecule has 0 spiro atoms. The highest BCUT2D eigenvalue weighted by Gasteiger charge is 2.21. The number of rotatable bonds is 2. The van der Waals surface area contributed by atoms with Crippen LogP contribution >= 0.6 is 0 Å². The fraction of sp³-hybridized carbons (Fsp3) is 0.176. The van der Waals surface area contributed by atoms with E-state index in [0.717, 1.165) is 6.42 Å². The van der Waals surface area contributed by atoms with Gasteiger partial charge in [-0.15, -0.1) is 0 Å². The van der Waals surface area contributed by atoms with E-state index in [1.54, 1.807) is 24.3 Å². The molecule has 3 amide bonds. The Morgan fingerprint density at radius 1 is 1.05 bits per heavy atom. The lowest BCUT2D eigenvalue weighted by Gasteiger charge is -2.29. The number of carbonyl (C=O) groups is 2. The first-order valence-electron chi connectivity index (χ1n) is 7.16. The molecule has 2 aromatic rings. The number of fused-ring (bicyclic) bond motifs is 1. The van der Waals surface area contributed by atoms with Gasteiger partial charge in [0.15, 0.2) is 0 Å². The maximum Gasteiger partial charge on any atom is 0.316 e. The Morgan fingerprint density at radius 2 is 1.82 bits per heavy atom. The van der Waals surface area contributed by atoms with Crippen molar-refractivity contribution in [2.75, 3.05) is 11.9 Å². The van der Waals surface area contributed by atoms with Gasteiger partial charge in [-0.25, -0.2) is 4.79 Å². The van der Waals surface area contributed by atoms with Gasteiger partial charge in [0.2, 0.25) is 0 Å². The van der Waals surface area contributed by atoms with Crippen molar-refractivity contribution in [3.8, 4) is 0 Å². The van der Waals surface area contributed by atoms with E-state index in [1.165, 1.54) is 11.1 Å². The van der Waals surface area contributed by atoms with Gasteiger partial charge in [-0.3, -0.25) is 4.79 Å². The molecule has 112 valence electrons.